The smallest absolute Gasteiger partial charge is 0.190 e. The van der Waals surface area contributed by atoms with Crippen LogP contribution in [0, 0.1) is 5.92 Å². The largest absolute Gasteiger partial charge is 0.381 e. The molecule has 0 bridgehead atoms. The van der Waals surface area contributed by atoms with Crippen molar-refractivity contribution in [3.05, 3.63) is 30.3 Å². The average Bonchev–Trinajstić information content (AvgIpc) is 2.73. The van der Waals surface area contributed by atoms with Crippen molar-refractivity contribution in [1.82, 2.24) is 10.6 Å². The van der Waals surface area contributed by atoms with E-state index in [2.05, 4.69) is 15.6 Å². The van der Waals surface area contributed by atoms with Crippen LogP contribution in [0.2, 0.25) is 0 Å². The number of nitrogens with zero attached hydrogens (tertiary/aromatic N) is 1. The highest BCUT2D eigenvalue weighted by Gasteiger charge is 2.14. The van der Waals surface area contributed by atoms with E-state index in [0.717, 1.165) is 52.2 Å². The lowest BCUT2D eigenvalue weighted by Gasteiger charge is -2.21. The second-order valence-corrected chi connectivity index (χ2v) is 9.00. The van der Waals surface area contributed by atoms with Crippen LogP contribution in [-0.2, 0) is 19.3 Å². The van der Waals surface area contributed by atoms with Crippen molar-refractivity contribution in [2.75, 3.05) is 52.3 Å². The molecule has 1 heterocycles. The summed E-state index contributed by atoms with van der Waals surface area (Å²) in [6.45, 7) is 4.54. The molecule has 1 aromatic rings. The Morgan fingerprint density at radius 2 is 1.82 bits per heavy atom. The standard InChI is InChI=1S/C20H33N3O4S/c1-21-20(22-11-5-13-27-17-18-9-14-26-15-10-18)23-12-6-16-28(24,25)19-7-3-2-4-8-19/h2-4,7-8,18H,5-6,9-17H2,1H3,(H2,21,22,23). The number of sulfone groups is 1. The monoisotopic (exact) mass is 411 g/mol. The van der Waals surface area contributed by atoms with Crippen molar-refractivity contribution >= 4 is 15.8 Å². The summed E-state index contributed by atoms with van der Waals surface area (Å²) in [5.41, 5.74) is 0. The van der Waals surface area contributed by atoms with Gasteiger partial charge < -0.3 is 20.1 Å². The van der Waals surface area contributed by atoms with Crippen molar-refractivity contribution in [3.8, 4) is 0 Å². The minimum absolute atomic E-state index is 0.112. The van der Waals surface area contributed by atoms with Gasteiger partial charge in [0.15, 0.2) is 15.8 Å². The molecule has 0 unspecified atom stereocenters. The molecule has 28 heavy (non-hydrogen) atoms. The van der Waals surface area contributed by atoms with E-state index < -0.39 is 9.84 Å². The topological polar surface area (TPSA) is 89.0 Å². The van der Waals surface area contributed by atoms with Crippen LogP contribution in [-0.4, -0.2) is 66.7 Å². The molecule has 1 fully saturated rings. The summed E-state index contributed by atoms with van der Waals surface area (Å²) in [4.78, 5) is 4.54. The summed E-state index contributed by atoms with van der Waals surface area (Å²) in [5, 5.41) is 6.38. The first-order chi connectivity index (χ1) is 13.6. The maximum atomic E-state index is 12.2. The zero-order chi connectivity index (χ0) is 20.1. The first kappa shape index (κ1) is 22.6. The number of guanidine groups is 1. The van der Waals surface area contributed by atoms with E-state index >= 15 is 0 Å². The summed E-state index contributed by atoms with van der Waals surface area (Å²) in [6, 6.07) is 8.56. The molecule has 2 N–H and O–H groups in total. The fourth-order valence-electron chi connectivity index (χ4n) is 2.98. The van der Waals surface area contributed by atoms with Gasteiger partial charge in [0.25, 0.3) is 0 Å². The summed E-state index contributed by atoms with van der Waals surface area (Å²) in [6.07, 6.45) is 3.60. The maximum absolute atomic E-state index is 12.2. The Kier molecular flexibility index (Phi) is 10.3. The lowest BCUT2D eigenvalue weighted by molar-refractivity contribution is 0.0203. The minimum Gasteiger partial charge on any atom is -0.381 e. The normalized spacial score (nSPS) is 16.1. The number of nitrogens with one attached hydrogen (secondary N) is 2. The summed E-state index contributed by atoms with van der Waals surface area (Å²) < 4.78 is 35.6. The van der Waals surface area contributed by atoms with E-state index in [4.69, 9.17) is 9.47 Å². The molecule has 0 aliphatic carbocycles. The Hall–Kier alpha value is -1.64. The number of ether oxygens (including phenoxy) is 2. The number of rotatable bonds is 11. The lowest BCUT2D eigenvalue weighted by Crippen LogP contribution is -2.38. The maximum Gasteiger partial charge on any atom is 0.190 e. The van der Waals surface area contributed by atoms with Gasteiger partial charge in [0.2, 0.25) is 0 Å². The van der Waals surface area contributed by atoms with Gasteiger partial charge in [0, 0.05) is 46.6 Å². The molecule has 0 atom stereocenters. The van der Waals surface area contributed by atoms with Crippen LogP contribution in [0.25, 0.3) is 0 Å². The third-order valence-electron chi connectivity index (χ3n) is 4.66. The molecule has 0 amide bonds. The number of hydrogen-bond donors (Lipinski definition) is 2. The minimum atomic E-state index is -3.23. The van der Waals surface area contributed by atoms with Gasteiger partial charge in [-0.3, -0.25) is 4.99 Å². The van der Waals surface area contributed by atoms with Crippen LogP contribution in [0.15, 0.2) is 40.2 Å². The second kappa shape index (κ2) is 12.7. The van der Waals surface area contributed by atoms with Gasteiger partial charge in [-0.2, -0.15) is 0 Å². The van der Waals surface area contributed by atoms with Gasteiger partial charge >= 0.3 is 0 Å². The summed E-state index contributed by atoms with van der Waals surface area (Å²) in [5.74, 6) is 1.42. The molecule has 1 saturated heterocycles. The van der Waals surface area contributed by atoms with E-state index in [0.29, 0.717) is 29.7 Å². The van der Waals surface area contributed by atoms with Crippen molar-refractivity contribution in [1.29, 1.82) is 0 Å². The van der Waals surface area contributed by atoms with E-state index in [-0.39, 0.29) is 5.75 Å². The highest BCUT2D eigenvalue weighted by molar-refractivity contribution is 7.91. The second-order valence-electron chi connectivity index (χ2n) is 6.90. The van der Waals surface area contributed by atoms with Gasteiger partial charge in [-0.05, 0) is 43.7 Å². The van der Waals surface area contributed by atoms with Crippen LogP contribution in [0.5, 0.6) is 0 Å². The Balaban J connectivity index is 1.52. The van der Waals surface area contributed by atoms with Gasteiger partial charge in [-0.15, -0.1) is 0 Å². The van der Waals surface area contributed by atoms with E-state index in [1.165, 1.54) is 0 Å². The van der Waals surface area contributed by atoms with Gasteiger partial charge in [-0.25, -0.2) is 8.42 Å². The molecule has 0 spiro atoms. The third kappa shape index (κ3) is 8.58. The zero-order valence-electron chi connectivity index (χ0n) is 16.7. The molecular weight excluding hydrogens is 378 g/mol. The Morgan fingerprint density at radius 3 is 2.50 bits per heavy atom. The third-order valence-corrected chi connectivity index (χ3v) is 6.48. The van der Waals surface area contributed by atoms with Gasteiger partial charge in [-0.1, -0.05) is 18.2 Å². The van der Waals surface area contributed by atoms with Gasteiger partial charge in [0.05, 0.1) is 10.6 Å². The van der Waals surface area contributed by atoms with E-state index in [1.807, 2.05) is 6.07 Å². The van der Waals surface area contributed by atoms with Crippen LogP contribution in [0.3, 0.4) is 0 Å². The number of benzene rings is 1. The van der Waals surface area contributed by atoms with E-state index in [9.17, 15) is 8.42 Å². The fraction of sp³-hybridized carbons (Fsp3) is 0.650. The average molecular weight is 412 g/mol. The molecule has 158 valence electrons. The van der Waals surface area contributed by atoms with Crippen LogP contribution in [0.4, 0.5) is 0 Å². The Morgan fingerprint density at radius 1 is 1.14 bits per heavy atom. The van der Waals surface area contributed by atoms with Crippen molar-refractivity contribution in [3.63, 3.8) is 0 Å². The quantitative estimate of drug-likeness (QED) is 0.328. The van der Waals surface area contributed by atoms with E-state index in [1.54, 1.807) is 31.3 Å². The van der Waals surface area contributed by atoms with Gasteiger partial charge in [0.1, 0.15) is 0 Å². The molecule has 0 saturated carbocycles. The molecule has 0 radical (unpaired) electrons. The highest BCUT2D eigenvalue weighted by atomic mass is 32.2. The highest BCUT2D eigenvalue weighted by Crippen LogP contribution is 2.14. The van der Waals surface area contributed by atoms with Crippen molar-refractivity contribution in [2.24, 2.45) is 10.9 Å². The number of hydrogen-bond acceptors (Lipinski definition) is 5. The first-order valence-corrected chi connectivity index (χ1v) is 11.6. The molecule has 1 aliphatic heterocycles. The zero-order valence-corrected chi connectivity index (χ0v) is 17.5. The molecule has 2 rings (SSSR count). The Labute approximate surface area is 168 Å². The predicted octanol–water partition coefficient (Wildman–Crippen LogP) is 1.85. The molecule has 8 heteroatoms. The predicted molar refractivity (Wildman–Crippen MR) is 111 cm³/mol. The number of aliphatic imine (C=N–C) groups is 1. The fourth-order valence-corrected chi connectivity index (χ4v) is 4.31. The van der Waals surface area contributed by atoms with Crippen LogP contribution >= 0.6 is 0 Å². The first-order valence-electron chi connectivity index (χ1n) is 9.99. The molecule has 0 aromatic heterocycles. The summed E-state index contributed by atoms with van der Waals surface area (Å²) >= 11 is 0. The van der Waals surface area contributed by atoms with Crippen LogP contribution < -0.4 is 10.6 Å². The van der Waals surface area contributed by atoms with Crippen LogP contribution in [0.1, 0.15) is 25.7 Å². The molecular formula is C20H33N3O4S. The molecule has 1 aliphatic rings. The molecule has 7 nitrogen and oxygen atoms in total. The van der Waals surface area contributed by atoms with Crippen molar-refractivity contribution in [2.45, 2.75) is 30.6 Å². The van der Waals surface area contributed by atoms with Crippen molar-refractivity contribution < 1.29 is 17.9 Å². The SMILES string of the molecule is CN=C(NCCCOCC1CCOCC1)NCCCS(=O)(=O)c1ccccc1. The lowest BCUT2D eigenvalue weighted by atomic mass is 10.0. The summed E-state index contributed by atoms with van der Waals surface area (Å²) in [7, 11) is -1.52. The molecule has 1 aromatic carbocycles. The Bertz CT molecular complexity index is 674.